The van der Waals surface area contributed by atoms with Crippen LogP contribution >= 0.6 is 27.3 Å². The van der Waals surface area contributed by atoms with Gasteiger partial charge in [-0.2, -0.15) is 0 Å². The number of hydrogen-bond acceptors (Lipinski definition) is 8. The van der Waals surface area contributed by atoms with E-state index in [4.69, 9.17) is 14.2 Å². The Hall–Kier alpha value is -3.37. The second kappa shape index (κ2) is 10.1. The van der Waals surface area contributed by atoms with Gasteiger partial charge in [-0.1, -0.05) is 23.5 Å². The molecule has 35 heavy (non-hydrogen) atoms. The molecule has 1 aliphatic heterocycles. The molecule has 0 unspecified atom stereocenters. The molecule has 2 heterocycles. The number of phenols is 1. The maximum absolute atomic E-state index is 13.7. The van der Waals surface area contributed by atoms with E-state index >= 15 is 0 Å². The Balaban J connectivity index is 1.97. The number of nitrogens with zero attached hydrogens (tertiary/aromatic N) is 2. The highest BCUT2D eigenvalue weighted by Crippen LogP contribution is 2.36. The van der Waals surface area contributed by atoms with E-state index < -0.39 is 12.0 Å². The fraction of sp³-hybridized carbons (Fsp3) is 0.240. The number of fused-ring (bicyclic) bond motifs is 1. The first-order valence-corrected chi connectivity index (χ1v) is 12.3. The number of hydrogen-bond donors (Lipinski definition) is 1. The van der Waals surface area contributed by atoms with Gasteiger partial charge in [0.2, 0.25) is 0 Å². The zero-order valence-corrected chi connectivity index (χ0v) is 21.9. The highest BCUT2D eigenvalue weighted by Gasteiger charge is 2.33. The van der Waals surface area contributed by atoms with Crippen molar-refractivity contribution in [3.8, 4) is 17.2 Å². The van der Waals surface area contributed by atoms with Crippen LogP contribution in [0.4, 0.5) is 0 Å². The van der Waals surface area contributed by atoms with Gasteiger partial charge >= 0.3 is 5.97 Å². The lowest BCUT2D eigenvalue weighted by Crippen LogP contribution is -2.39. The molecule has 3 aromatic rings. The monoisotopic (exact) mass is 558 g/mol. The number of benzene rings is 2. The molecule has 4 rings (SSSR count). The Morgan fingerprint density at radius 2 is 1.94 bits per heavy atom. The van der Waals surface area contributed by atoms with E-state index in [1.54, 1.807) is 56.3 Å². The molecule has 0 aliphatic carbocycles. The molecule has 1 atom stereocenters. The number of methoxy groups -OCH3 is 2. The number of esters is 1. The number of phenolic OH excluding ortho intramolecular Hbond substituents is 1. The summed E-state index contributed by atoms with van der Waals surface area (Å²) in [6.07, 6.45) is 1.73. The van der Waals surface area contributed by atoms with E-state index in [0.29, 0.717) is 36.6 Å². The van der Waals surface area contributed by atoms with Crippen LogP contribution in [0.1, 0.15) is 31.0 Å². The molecule has 0 radical (unpaired) electrons. The maximum atomic E-state index is 13.7. The van der Waals surface area contributed by atoms with Crippen molar-refractivity contribution in [2.24, 2.45) is 4.99 Å². The Bertz CT molecular complexity index is 1520. The van der Waals surface area contributed by atoms with Crippen molar-refractivity contribution in [2.75, 3.05) is 20.8 Å². The van der Waals surface area contributed by atoms with E-state index in [2.05, 4.69) is 20.9 Å². The van der Waals surface area contributed by atoms with Crippen LogP contribution in [0.2, 0.25) is 0 Å². The van der Waals surface area contributed by atoms with Gasteiger partial charge in [0.05, 0.1) is 47.1 Å². The van der Waals surface area contributed by atoms with Crippen LogP contribution in [0, 0.1) is 0 Å². The number of aromatic nitrogens is 1. The van der Waals surface area contributed by atoms with Crippen molar-refractivity contribution < 1.29 is 24.1 Å². The van der Waals surface area contributed by atoms with Crippen LogP contribution in [-0.4, -0.2) is 36.5 Å². The minimum atomic E-state index is -0.765. The summed E-state index contributed by atoms with van der Waals surface area (Å²) < 4.78 is 18.6. The maximum Gasteiger partial charge on any atom is 0.338 e. The van der Waals surface area contributed by atoms with Crippen molar-refractivity contribution in [1.29, 1.82) is 0 Å². The van der Waals surface area contributed by atoms with Crippen molar-refractivity contribution in [3.63, 3.8) is 0 Å². The Morgan fingerprint density at radius 1 is 1.20 bits per heavy atom. The summed E-state index contributed by atoms with van der Waals surface area (Å²) in [5, 5.41) is 9.78. The number of allylic oxidation sites excluding steroid dienone is 1. The zero-order valence-electron chi connectivity index (χ0n) is 19.5. The van der Waals surface area contributed by atoms with E-state index in [1.807, 2.05) is 0 Å². The molecule has 0 fully saturated rings. The van der Waals surface area contributed by atoms with Crippen LogP contribution in [0.3, 0.4) is 0 Å². The van der Waals surface area contributed by atoms with Gasteiger partial charge in [-0.05, 0) is 71.2 Å². The van der Waals surface area contributed by atoms with E-state index in [0.717, 1.165) is 5.56 Å². The molecular formula is C25H23BrN2O6S. The number of carbonyl (C=O) groups is 1. The highest BCUT2D eigenvalue weighted by molar-refractivity contribution is 9.10. The third-order valence-corrected chi connectivity index (χ3v) is 7.13. The first kappa shape index (κ1) is 24.7. The van der Waals surface area contributed by atoms with E-state index in [9.17, 15) is 14.7 Å². The Morgan fingerprint density at radius 3 is 2.60 bits per heavy atom. The molecule has 0 saturated heterocycles. The van der Waals surface area contributed by atoms with Crippen LogP contribution in [0.5, 0.6) is 17.2 Å². The molecule has 0 amide bonds. The molecule has 10 heteroatoms. The first-order valence-electron chi connectivity index (χ1n) is 10.7. The van der Waals surface area contributed by atoms with E-state index in [1.165, 1.54) is 30.1 Å². The molecule has 1 aliphatic rings. The third kappa shape index (κ3) is 4.63. The molecule has 2 aromatic carbocycles. The zero-order chi connectivity index (χ0) is 25.3. The van der Waals surface area contributed by atoms with Gasteiger partial charge in [-0.15, -0.1) is 0 Å². The average Bonchev–Trinajstić information content (AvgIpc) is 3.14. The second-order valence-electron chi connectivity index (χ2n) is 7.63. The standard InChI is InChI=1S/C25H23BrN2O6S/c1-5-34-24(31)21-13(2)27-25-28(22(21)15-7-9-18(32-3)19(12-15)33-4)23(30)20(35-25)11-14-6-8-17(29)16(26)10-14/h6-12,22,29H,5H2,1-4H3/b20-11-/t22-/m1/s1. The summed E-state index contributed by atoms with van der Waals surface area (Å²) in [6.45, 7) is 3.65. The Kier molecular flexibility index (Phi) is 7.13. The quantitative estimate of drug-likeness (QED) is 0.466. The average molecular weight is 559 g/mol. The van der Waals surface area contributed by atoms with Gasteiger partial charge in [-0.3, -0.25) is 9.36 Å². The van der Waals surface area contributed by atoms with Gasteiger partial charge in [0.15, 0.2) is 16.3 Å². The van der Waals surface area contributed by atoms with Gasteiger partial charge in [0.1, 0.15) is 5.75 Å². The molecule has 0 saturated carbocycles. The minimum absolute atomic E-state index is 0.103. The lowest BCUT2D eigenvalue weighted by Gasteiger charge is -2.25. The molecule has 1 aromatic heterocycles. The van der Waals surface area contributed by atoms with Crippen LogP contribution in [0.15, 0.2) is 61.9 Å². The summed E-state index contributed by atoms with van der Waals surface area (Å²) in [5.41, 5.74) is 1.84. The second-order valence-corrected chi connectivity index (χ2v) is 9.49. The normalized spacial score (nSPS) is 15.5. The summed E-state index contributed by atoms with van der Waals surface area (Å²) in [5.74, 6) is 0.566. The summed E-state index contributed by atoms with van der Waals surface area (Å²) in [4.78, 5) is 31.7. The predicted molar refractivity (Wildman–Crippen MR) is 136 cm³/mol. The van der Waals surface area contributed by atoms with Crippen molar-refractivity contribution in [1.82, 2.24) is 4.57 Å². The molecule has 182 valence electrons. The Labute approximate surface area is 213 Å². The van der Waals surface area contributed by atoms with Gasteiger partial charge in [-0.25, -0.2) is 9.79 Å². The minimum Gasteiger partial charge on any atom is -0.507 e. The number of thiazole rings is 1. The fourth-order valence-electron chi connectivity index (χ4n) is 3.89. The molecule has 8 nitrogen and oxygen atoms in total. The number of halogens is 1. The molecular weight excluding hydrogens is 536 g/mol. The number of carbonyl (C=O) groups excluding carboxylic acids is 1. The van der Waals surface area contributed by atoms with Gasteiger partial charge in [0, 0.05) is 0 Å². The summed E-state index contributed by atoms with van der Waals surface area (Å²) >= 11 is 4.52. The van der Waals surface area contributed by atoms with Crippen LogP contribution in [0.25, 0.3) is 6.08 Å². The first-order chi connectivity index (χ1) is 16.8. The third-order valence-electron chi connectivity index (χ3n) is 5.51. The summed E-state index contributed by atoms with van der Waals surface area (Å²) in [7, 11) is 3.06. The van der Waals surface area contributed by atoms with E-state index in [-0.39, 0.29) is 23.5 Å². The SMILES string of the molecule is CCOC(=O)C1=C(C)N=c2s/c(=C\c3ccc(O)c(Br)c3)c(=O)n2[C@@H]1c1ccc(OC)c(OC)c1. The fourth-order valence-corrected chi connectivity index (χ4v) is 5.34. The number of ether oxygens (including phenoxy) is 3. The molecule has 1 N–H and O–H groups in total. The highest BCUT2D eigenvalue weighted by atomic mass is 79.9. The topological polar surface area (TPSA) is 99.4 Å². The molecule has 0 spiro atoms. The lowest BCUT2D eigenvalue weighted by atomic mass is 9.95. The lowest BCUT2D eigenvalue weighted by molar-refractivity contribution is -0.139. The summed E-state index contributed by atoms with van der Waals surface area (Å²) in [6, 6.07) is 9.47. The van der Waals surface area contributed by atoms with Crippen molar-refractivity contribution in [2.45, 2.75) is 19.9 Å². The molecule has 0 bridgehead atoms. The van der Waals surface area contributed by atoms with Crippen LogP contribution < -0.4 is 24.4 Å². The largest absolute Gasteiger partial charge is 0.507 e. The van der Waals surface area contributed by atoms with Gasteiger partial charge in [0.25, 0.3) is 5.56 Å². The van der Waals surface area contributed by atoms with Crippen molar-refractivity contribution >= 4 is 39.3 Å². The van der Waals surface area contributed by atoms with Crippen LogP contribution in [-0.2, 0) is 9.53 Å². The van der Waals surface area contributed by atoms with Crippen molar-refractivity contribution in [3.05, 3.63) is 83.0 Å². The smallest absolute Gasteiger partial charge is 0.338 e. The van der Waals surface area contributed by atoms with Gasteiger partial charge < -0.3 is 19.3 Å². The number of rotatable bonds is 6. The number of aromatic hydroxyl groups is 1. The predicted octanol–water partition coefficient (Wildman–Crippen LogP) is 3.28.